The quantitative estimate of drug-likeness (QED) is 0.811. The molecule has 19 heavy (non-hydrogen) atoms. The first kappa shape index (κ1) is 12.6. The summed E-state index contributed by atoms with van der Waals surface area (Å²) >= 11 is 0. The van der Waals surface area contributed by atoms with Gasteiger partial charge in [0, 0.05) is 6.04 Å². The second-order valence-corrected chi connectivity index (χ2v) is 5.40. The molecule has 4 nitrogen and oxygen atoms in total. The zero-order valence-electron chi connectivity index (χ0n) is 10.8. The van der Waals surface area contributed by atoms with E-state index in [4.69, 9.17) is 4.74 Å². The number of aliphatic hydroxyl groups is 1. The SMILES string of the molecule is O=C(NC1CCC(O)CC1)[C@@H]1O[C@H]1c1ccccc1. The number of rotatable bonds is 3. The number of aliphatic hydroxyl groups excluding tert-OH is 1. The molecule has 2 N–H and O–H groups in total. The van der Waals surface area contributed by atoms with Crippen molar-refractivity contribution in [3.8, 4) is 0 Å². The van der Waals surface area contributed by atoms with Gasteiger partial charge in [-0.1, -0.05) is 30.3 Å². The molecule has 1 aliphatic carbocycles. The van der Waals surface area contributed by atoms with E-state index < -0.39 is 0 Å². The molecule has 1 amide bonds. The molecule has 2 atom stereocenters. The number of carbonyl (C=O) groups is 1. The second kappa shape index (κ2) is 5.31. The van der Waals surface area contributed by atoms with Crippen LogP contribution in [-0.2, 0) is 9.53 Å². The number of ether oxygens (including phenoxy) is 1. The first-order valence-electron chi connectivity index (χ1n) is 6.93. The summed E-state index contributed by atoms with van der Waals surface area (Å²) in [6.07, 6.45) is 2.65. The Hall–Kier alpha value is -1.39. The van der Waals surface area contributed by atoms with Crippen LogP contribution in [0.3, 0.4) is 0 Å². The maximum atomic E-state index is 12.0. The number of benzene rings is 1. The predicted molar refractivity (Wildman–Crippen MR) is 70.5 cm³/mol. The Morgan fingerprint density at radius 1 is 1.16 bits per heavy atom. The van der Waals surface area contributed by atoms with E-state index in [1.165, 1.54) is 0 Å². The third kappa shape index (κ3) is 2.96. The van der Waals surface area contributed by atoms with Crippen LogP contribution in [0.4, 0.5) is 0 Å². The van der Waals surface area contributed by atoms with Crippen molar-refractivity contribution < 1.29 is 14.6 Å². The van der Waals surface area contributed by atoms with Gasteiger partial charge in [-0.05, 0) is 31.2 Å². The summed E-state index contributed by atoms with van der Waals surface area (Å²) in [6, 6.07) is 10.0. The molecule has 2 fully saturated rings. The number of hydrogen-bond donors (Lipinski definition) is 2. The van der Waals surface area contributed by atoms with E-state index in [9.17, 15) is 9.90 Å². The summed E-state index contributed by atoms with van der Waals surface area (Å²) in [6.45, 7) is 0. The fourth-order valence-electron chi connectivity index (χ4n) is 2.71. The molecule has 2 aliphatic rings. The van der Waals surface area contributed by atoms with E-state index >= 15 is 0 Å². The Morgan fingerprint density at radius 2 is 1.84 bits per heavy atom. The highest BCUT2D eigenvalue weighted by atomic mass is 16.6. The summed E-state index contributed by atoms with van der Waals surface area (Å²) in [5, 5.41) is 12.5. The van der Waals surface area contributed by atoms with Gasteiger partial charge in [-0.2, -0.15) is 0 Å². The van der Waals surface area contributed by atoms with Gasteiger partial charge in [0.05, 0.1) is 6.10 Å². The first-order chi connectivity index (χ1) is 9.24. The molecule has 102 valence electrons. The third-order valence-corrected chi connectivity index (χ3v) is 3.92. The van der Waals surface area contributed by atoms with Gasteiger partial charge in [-0.25, -0.2) is 0 Å². The van der Waals surface area contributed by atoms with Gasteiger partial charge in [0.1, 0.15) is 6.10 Å². The number of nitrogens with one attached hydrogen (secondary N) is 1. The van der Waals surface area contributed by atoms with Gasteiger partial charge in [0.2, 0.25) is 0 Å². The summed E-state index contributed by atoms with van der Waals surface area (Å²) in [4.78, 5) is 12.0. The fourth-order valence-corrected chi connectivity index (χ4v) is 2.71. The van der Waals surface area contributed by atoms with Crippen LogP contribution in [0.1, 0.15) is 37.4 Å². The van der Waals surface area contributed by atoms with Crippen molar-refractivity contribution in [3.63, 3.8) is 0 Å². The molecule has 1 aliphatic heterocycles. The fraction of sp³-hybridized carbons (Fsp3) is 0.533. The van der Waals surface area contributed by atoms with Gasteiger partial charge in [-0.3, -0.25) is 4.79 Å². The van der Waals surface area contributed by atoms with Crippen molar-refractivity contribution in [1.82, 2.24) is 5.32 Å². The van der Waals surface area contributed by atoms with E-state index in [1.807, 2.05) is 30.3 Å². The Balaban J connectivity index is 1.50. The maximum absolute atomic E-state index is 12.0. The minimum atomic E-state index is -0.339. The highest BCUT2D eigenvalue weighted by Crippen LogP contribution is 2.38. The Morgan fingerprint density at radius 3 is 2.53 bits per heavy atom. The van der Waals surface area contributed by atoms with Gasteiger partial charge in [0.25, 0.3) is 5.91 Å². The lowest BCUT2D eigenvalue weighted by atomic mass is 9.93. The minimum absolute atomic E-state index is 0.0183. The van der Waals surface area contributed by atoms with Crippen LogP contribution in [0.15, 0.2) is 30.3 Å². The summed E-state index contributed by atoms with van der Waals surface area (Å²) < 4.78 is 5.47. The third-order valence-electron chi connectivity index (χ3n) is 3.92. The average Bonchev–Trinajstić information content (AvgIpc) is 3.23. The van der Waals surface area contributed by atoms with E-state index in [2.05, 4.69) is 5.32 Å². The van der Waals surface area contributed by atoms with Crippen LogP contribution in [0.25, 0.3) is 0 Å². The Labute approximate surface area is 112 Å². The molecule has 0 unspecified atom stereocenters. The van der Waals surface area contributed by atoms with Crippen LogP contribution < -0.4 is 5.32 Å². The van der Waals surface area contributed by atoms with Crippen LogP contribution in [0, 0.1) is 0 Å². The van der Waals surface area contributed by atoms with Crippen LogP contribution >= 0.6 is 0 Å². The molecular weight excluding hydrogens is 242 g/mol. The van der Waals surface area contributed by atoms with Crippen molar-refractivity contribution in [2.24, 2.45) is 0 Å². The number of hydrogen-bond acceptors (Lipinski definition) is 3. The molecule has 1 aromatic rings. The second-order valence-electron chi connectivity index (χ2n) is 5.40. The van der Waals surface area contributed by atoms with Crippen molar-refractivity contribution in [1.29, 1.82) is 0 Å². The van der Waals surface area contributed by atoms with Crippen LogP contribution in [0.5, 0.6) is 0 Å². The highest BCUT2D eigenvalue weighted by Gasteiger charge is 2.46. The van der Waals surface area contributed by atoms with Gasteiger partial charge < -0.3 is 15.2 Å². The first-order valence-corrected chi connectivity index (χ1v) is 6.93. The average molecular weight is 261 g/mol. The van der Waals surface area contributed by atoms with E-state index in [1.54, 1.807) is 0 Å². The highest BCUT2D eigenvalue weighted by molar-refractivity contribution is 5.84. The lowest BCUT2D eigenvalue weighted by molar-refractivity contribution is -0.123. The van der Waals surface area contributed by atoms with Crippen molar-refractivity contribution in [3.05, 3.63) is 35.9 Å². The maximum Gasteiger partial charge on any atom is 0.252 e. The minimum Gasteiger partial charge on any atom is -0.393 e. The topological polar surface area (TPSA) is 61.9 Å². The molecular formula is C15H19NO3. The van der Waals surface area contributed by atoms with Gasteiger partial charge >= 0.3 is 0 Å². The zero-order valence-corrected chi connectivity index (χ0v) is 10.8. The number of epoxide rings is 1. The van der Waals surface area contributed by atoms with Gasteiger partial charge in [0.15, 0.2) is 6.10 Å². The lowest BCUT2D eigenvalue weighted by Crippen LogP contribution is -2.40. The molecule has 0 radical (unpaired) electrons. The normalized spacial score (nSPS) is 33.7. The molecule has 3 rings (SSSR count). The Bertz CT molecular complexity index is 440. The molecule has 1 heterocycles. The molecule has 4 heteroatoms. The Kier molecular flexibility index (Phi) is 3.53. The van der Waals surface area contributed by atoms with Crippen molar-refractivity contribution in [2.45, 2.75) is 50.0 Å². The van der Waals surface area contributed by atoms with Gasteiger partial charge in [-0.15, -0.1) is 0 Å². The summed E-state index contributed by atoms with van der Waals surface area (Å²) in [5.41, 5.74) is 1.06. The van der Waals surface area contributed by atoms with E-state index in [0.717, 1.165) is 31.2 Å². The zero-order chi connectivity index (χ0) is 13.2. The number of amides is 1. The van der Waals surface area contributed by atoms with Crippen LogP contribution in [0.2, 0.25) is 0 Å². The van der Waals surface area contributed by atoms with Crippen molar-refractivity contribution >= 4 is 5.91 Å². The molecule has 1 aromatic carbocycles. The molecule has 0 bridgehead atoms. The number of carbonyl (C=O) groups excluding carboxylic acids is 1. The molecule has 1 saturated heterocycles. The standard InChI is InChI=1S/C15H19NO3/c17-12-8-6-11(7-9-12)16-15(18)14-13(19-14)10-4-2-1-3-5-10/h1-5,11-14,17H,6-9H2,(H,16,18)/t11?,12?,13-,14+/m0/s1. The largest absolute Gasteiger partial charge is 0.393 e. The van der Waals surface area contributed by atoms with Crippen molar-refractivity contribution in [2.75, 3.05) is 0 Å². The molecule has 0 spiro atoms. The molecule has 1 saturated carbocycles. The smallest absolute Gasteiger partial charge is 0.252 e. The van der Waals surface area contributed by atoms with E-state index in [0.29, 0.717) is 0 Å². The lowest BCUT2D eigenvalue weighted by Gasteiger charge is -2.25. The summed E-state index contributed by atoms with van der Waals surface area (Å²) in [5.74, 6) is -0.0183. The summed E-state index contributed by atoms with van der Waals surface area (Å²) in [7, 11) is 0. The van der Waals surface area contributed by atoms with Crippen LogP contribution in [-0.4, -0.2) is 29.3 Å². The van der Waals surface area contributed by atoms with E-state index in [-0.39, 0.29) is 30.3 Å². The monoisotopic (exact) mass is 261 g/mol. The molecule has 0 aromatic heterocycles. The predicted octanol–water partition coefficient (Wildman–Crippen LogP) is 1.55.